The molecule has 0 fully saturated rings. The summed E-state index contributed by atoms with van der Waals surface area (Å²) in [5.74, 6) is -1.90. The van der Waals surface area contributed by atoms with Crippen LogP contribution in [0, 0.1) is 12.7 Å². The van der Waals surface area contributed by atoms with Crippen molar-refractivity contribution in [3.8, 4) is 0 Å². The van der Waals surface area contributed by atoms with Crippen molar-refractivity contribution in [3.05, 3.63) is 131 Å². The number of hydrogen-bond donors (Lipinski definition) is 1. The zero-order chi connectivity index (χ0) is 33.5. The highest BCUT2D eigenvalue weighted by atomic mass is 32.2. The van der Waals surface area contributed by atoms with Gasteiger partial charge >= 0.3 is 6.18 Å². The van der Waals surface area contributed by atoms with Crippen LogP contribution in [-0.4, -0.2) is 44.3 Å². The van der Waals surface area contributed by atoms with E-state index in [-0.39, 0.29) is 30.1 Å². The number of rotatable bonds is 12. The summed E-state index contributed by atoms with van der Waals surface area (Å²) in [6.45, 7) is 2.54. The third-order valence-corrected chi connectivity index (χ3v) is 9.03. The number of amides is 2. The Morgan fingerprint density at radius 2 is 1.50 bits per heavy atom. The average molecular weight is 656 g/mol. The number of aryl methyl sites for hydroxylation is 1. The van der Waals surface area contributed by atoms with Gasteiger partial charge in [0.05, 0.1) is 16.1 Å². The Labute approximate surface area is 265 Å². The summed E-state index contributed by atoms with van der Waals surface area (Å²) >= 11 is 0. The maximum absolute atomic E-state index is 14.3. The summed E-state index contributed by atoms with van der Waals surface area (Å²) in [4.78, 5) is 28.7. The Hall–Kier alpha value is -4.71. The number of alkyl halides is 3. The van der Waals surface area contributed by atoms with Crippen LogP contribution in [0.15, 0.2) is 108 Å². The summed E-state index contributed by atoms with van der Waals surface area (Å²) in [6.07, 6.45) is -4.74. The highest BCUT2D eigenvalue weighted by Gasteiger charge is 2.36. The van der Waals surface area contributed by atoms with Crippen LogP contribution < -0.4 is 9.62 Å². The first-order valence-electron chi connectivity index (χ1n) is 14.4. The lowest BCUT2D eigenvalue weighted by atomic mass is 10.0. The number of likely N-dealkylation sites (N-methyl/N-ethyl adjacent to an activating group) is 1. The van der Waals surface area contributed by atoms with Gasteiger partial charge in [-0.25, -0.2) is 12.8 Å². The molecule has 0 unspecified atom stereocenters. The normalized spacial score (nSPS) is 12.3. The molecule has 0 saturated carbocycles. The minimum Gasteiger partial charge on any atom is -0.355 e. The maximum atomic E-state index is 14.3. The van der Waals surface area contributed by atoms with Gasteiger partial charge in [0.25, 0.3) is 10.0 Å². The number of halogens is 4. The molecule has 0 saturated heterocycles. The predicted molar refractivity (Wildman–Crippen MR) is 167 cm³/mol. The van der Waals surface area contributed by atoms with Crippen LogP contribution in [0.2, 0.25) is 0 Å². The van der Waals surface area contributed by atoms with Gasteiger partial charge in [-0.05, 0) is 67.4 Å². The molecule has 46 heavy (non-hydrogen) atoms. The Morgan fingerprint density at radius 1 is 0.848 bits per heavy atom. The van der Waals surface area contributed by atoms with Crippen molar-refractivity contribution in [2.45, 2.75) is 43.9 Å². The van der Waals surface area contributed by atoms with Gasteiger partial charge in [-0.2, -0.15) is 13.2 Å². The van der Waals surface area contributed by atoms with Crippen LogP contribution in [0.1, 0.15) is 29.2 Å². The van der Waals surface area contributed by atoms with Crippen LogP contribution in [0.4, 0.5) is 23.2 Å². The van der Waals surface area contributed by atoms with E-state index in [4.69, 9.17) is 0 Å². The zero-order valence-corrected chi connectivity index (χ0v) is 26.0. The minimum atomic E-state index is -4.78. The summed E-state index contributed by atoms with van der Waals surface area (Å²) in [5.41, 5.74) is 0.413. The molecule has 0 bridgehead atoms. The SMILES string of the molecule is CCNC(=O)[C@@H](Cc1ccccc1)N(Cc1ccc(F)cc1)C(=O)CN(c1cccc(C(F)(F)F)c1)S(=O)(=O)c1ccc(C)cc1. The van der Waals surface area contributed by atoms with Gasteiger partial charge in [-0.1, -0.05) is 66.2 Å². The lowest BCUT2D eigenvalue weighted by Crippen LogP contribution is -2.53. The van der Waals surface area contributed by atoms with E-state index in [0.29, 0.717) is 21.5 Å². The summed E-state index contributed by atoms with van der Waals surface area (Å²) in [6, 6.07) is 22.3. The van der Waals surface area contributed by atoms with E-state index in [2.05, 4.69) is 5.32 Å². The summed E-state index contributed by atoms with van der Waals surface area (Å²) < 4.78 is 83.5. The first-order chi connectivity index (χ1) is 21.8. The van der Waals surface area contributed by atoms with E-state index >= 15 is 0 Å². The molecule has 0 aliphatic rings. The molecule has 4 aromatic rings. The number of carbonyl (C=O) groups excluding carboxylic acids is 2. The standard InChI is InChI=1S/C34H33F4N3O4S/c1-3-39-33(43)31(20-25-8-5-4-6-9-25)40(22-26-14-16-28(35)17-15-26)32(42)23-41(29-11-7-10-27(21-29)34(36,37)38)46(44,45)30-18-12-24(2)13-19-30/h4-19,21,31H,3,20,22-23H2,1-2H3,(H,39,43)/t31-/m1/s1. The van der Waals surface area contributed by atoms with Gasteiger partial charge in [0, 0.05) is 19.5 Å². The Kier molecular flexibility index (Phi) is 10.8. The summed E-state index contributed by atoms with van der Waals surface area (Å²) in [5, 5.41) is 2.72. The monoisotopic (exact) mass is 655 g/mol. The fourth-order valence-electron chi connectivity index (χ4n) is 4.84. The van der Waals surface area contributed by atoms with E-state index in [1.54, 1.807) is 44.2 Å². The van der Waals surface area contributed by atoms with Crippen LogP contribution in [-0.2, 0) is 38.8 Å². The van der Waals surface area contributed by atoms with Gasteiger partial charge in [0.2, 0.25) is 11.8 Å². The molecule has 0 aliphatic heterocycles. The molecule has 4 rings (SSSR count). The Morgan fingerprint density at radius 3 is 2.11 bits per heavy atom. The van der Waals surface area contributed by atoms with Crippen LogP contribution in [0.3, 0.4) is 0 Å². The van der Waals surface area contributed by atoms with Crippen LogP contribution >= 0.6 is 0 Å². The van der Waals surface area contributed by atoms with E-state index in [9.17, 15) is 35.6 Å². The molecule has 2 amide bonds. The lowest BCUT2D eigenvalue weighted by molar-refractivity contribution is -0.140. The Balaban J connectivity index is 1.83. The predicted octanol–water partition coefficient (Wildman–Crippen LogP) is 6.12. The first-order valence-corrected chi connectivity index (χ1v) is 15.9. The van der Waals surface area contributed by atoms with Crippen molar-refractivity contribution in [1.82, 2.24) is 10.2 Å². The maximum Gasteiger partial charge on any atom is 0.416 e. The fraction of sp³-hybridized carbons (Fsp3) is 0.235. The molecular weight excluding hydrogens is 622 g/mol. The quantitative estimate of drug-likeness (QED) is 0.186. The molecule has 1 atom stereocenters. The van der Waals surface area contributed by atoms with Crippen LogP contribution in [0.5, 0.6) is 0 Å². The van der Waals surface area contributed by atoms with E-state index < -0.39 is 52.0 Å². The molecule has 0 spiro atoms. The number of hydrogen-bond acceptors (Lipinski definition) is 4. The van der Waals surface area contributed by atoms with E-state index in [0.717, 1.165) is 17.7 Å². The topological polar surface area (TPSA) is 86.8 Å². The number of nitrogens with zero attached hydrogens (tertiary/aromatic N) is 2. The molecule has 0 aliphatic carbocycles. The Bertz CT molecular complexity index is 1750. The molecular formula is C34H33F4N3O4S. The number of nitrogens with one attached hydrogen (secondary N) is 1. The molecule has 12 heteroatoms. The molecule has 242 valence electrons. The number of sulfonamides is 1. The third-order valence-electron chi connectivity index (χ3n) is 7.24. The first kappa shape index (κ1) is 34.2. The van der Waals surface area contributed by atoms with Gasteiger partial charge in [-0.15, -0.1) is 0 Å². The van der Waals surface area contributed by atoms with Crippen molar-refractivity contribution in [3.63, 3.8) is 0 Å². The van der Waals surface area contributed by atoms with Crippen molar-refractivity contribution >= 4 is 27.5 Å². The molecule has 4 aromatic carbocycles. The smallest absolute Gasteiger partial charge is 0.355 e. The van der Waals surface area contributed by atoms with Gasteiger partial charge in [-0.3, -0.25) is 13.9 Å². The van der Waals surface area contributed by atoms with E-state index in [1.807, 2.05) is 0 Å². The van der Waals surface area contributed by atoms with Crippen molar-refractivity contribution in [1.29, 1.82) is 0 Å². The van der Waals surface area contributed by atoms with Crippen molar-refractivity contribution in [2.24, 2.45) is 0 Å². The molecule has 0 radical (unpaired) electrons. The minimum absolute atomic E-state index is 0.0495. The largest absolute Gasteiger partial charge is 0.416 e. The second kappa shape index (κ2) is 14.6. The van der Waals surface area contributed by atoms with Crippen LogP contribution in [0.25, 0.3) is 0 Å². The molecule has 0 heterocycles. The zero-order valence-electron chi connectivity index (χ0n) is 25.2. The lowest BCUT2D eigenvalue weighted by Gasteiger charge is -2.34. The average Bonchev–Trinajstić information content (AvgIpc) is 3.02. The van der Waals surface area contributed by atoms with E-state index in [1.165, 1.54) is 59.5 Å². The molecule has 0 aromatic heterocycles. The number of carbonyl (C=O) groups is 2. The van der Waals surface area contributed by atoms with Gasteiger partial charge in [0.15, 0.2) is 0 Å². The second-order valence-electron chi connectivity index (χ2n) is 10.6. The van der Waals surface area contributed by atoms with Gasteiger partial charge < -0.3 is 10.2 Å². The number of anilines is 1. The third kappa shape index (κ3) is 8.51. The second-order valence-corrected chi connectivity index (χ2v) is 12.5. The summed E-state index contributed by atoms with van der Waals surface area (Å²) in [7, 11) is -4.59. The van der Waals surface area contributed by atoms with Gasteiger partial charge in [0.1, 0.15) is 18.4 Å². The van der Waals surface area contributed by atoms with Crippen molar-refractivity contribution in [2.75, 3.05) is 17.4 Å². The number of benzene rings is 4. The van der Waals surface area contributed by atoms with Crippen molar-refractivity contribution < 1.29 is 35.6 Å². The fourth-order valence-corrected chi connectivity index (χ4v) is 6.24. The highest BCUT2D eigenvalue weighted by Crippen LogP contribution is 2.33. The molecule has 1 N–H and O–H groups in total. The highest BCUT2D eigenvalue weighted by molar-refractivity contribution is 7.92. The molecule has 7 nitrogen and oxygen atoms in total.